The van der Waals surface area contributed by atoms with E-state index in [2.05, 4.69) is 0 Å². The molecule has 0 radical (unpaired) electrons. The first kappa shape index (κ1) is 14.4. The molecule has 0 spiro atoms. The first-order chi connectivity index (χ1) is 9.40. The van der Waals surface area contributed by atoms with Gasteiger partial charge in [0.05, 0.1) is 5.92 Å². The van der Waals surface area contributed by atoms with Gasteiger partial charge in [0.1, 0.15) is 6.61 Å². The van der Waals surface area contributed by atoms with Crippen LogP contribution in [0.4, 0.5) is 4.79 Å². The van der Waals surface area contributed by atoms with Gasteiger partial charge in [-0.15, -0.1) is 0 Å². The highest BCUT2D eigenvalue weighted by molar-refractivity contribution is 5.75. The van der Waals surface area contributed by atoms with E-state index in [0.29, 0.717) is 6.42 Å². The number of carbonyl (C=O) groups excluding carboxylic acids is 1. The van der Waals surface area contributed by atoms with Crippen LogP contribution in [0.1, 0.15) is 25.8 Å². The van der Waals surface area contributed by atoms with Crippen LogP contribution in [0.3, 0.4) is 0 Å². The summed E-state index contributed by atoms with van der Waals surface area (Å²) >= 11 is 0. The molecule has 1 aromatic rings. The monoisotopic (exact) mass is 277 g/mol. The highest BCUT2D eigenvalue weighted by Gasteiger charge is 2.44. The smallest absolute Gasteiger partial charge is 0.410 e. The standard InChI is InChI=1S/C15H19NO4/c1-15(2)8-12(13(17)18)9-16(15)14(19)20-10-11-6-4-3-5-7-11/h3-7,12H,8-10H2,1-2H3,(H,17,18). The van der Waals surface area contributed by atoms with E-state index in [4.69, 9.17) is 9.84 Å². The van der Waals surface area contributed by atoms with Crippen molar-refractivity contribution in [3.63, 3.8) is 0 Å². The summed E-state index contributed by atoms with van der Waals surface area (Å²) in [4.78, 5) is 24.7. The number of carboxylic acids is 1. The van der Waals surface area contributed by atoms with Gasteiger partial charge < -0.3 is 14.7 Å². The first-order valence-electron chi connectivity index (χ1n) is 6.61. The van der Waals surface area contributed by atoms with E-state index in [1.54, 1.807) is 0 Å². The molecule has 1 saturated heterocycles. The average molecular weight is 277 g/mol. The Balaban J connectivity index is 1.97. The normalized spacial score (nSPS) is 20.7. The minimum absolute atomic E-state index is 0.198. The number of hydrogen-bond acceptors (Lipinski definition) is 3. The lowest BCUT2D eigenvalue weighted by atomic mass is 9.97. The summed E-state index contributed by atoms with van der Waals surface area (Å²) in [6, 6.07) is 9.41. The molecule has 1 N–H and O–H groups in total. The van der Waals surface area contributed by atoms with Crippen molar-refractivity contribution in [2.75, 3.05) is 6.54 Å². The molecule has 0 bridgehead atoms. The molecule has 2 rings (SSSR count). The van der Waals surface area contributed by atoms with Crippen molar-refractivity contribution in [1.29, 1.82) is 0 Å². The summed E-state index contributed by atoms with van der Waals surface area (Å²) in [5, 5.41) is 9.07. The molecule has 5 heteroatoms. The van der Waals surface area contributed by atoms with Gasteiger partial charge in [-0.2, -0.15) is 0 Å². The second-order valence-corrected chi connectivity index (χ2v) is 5.70. The van der Waals surface area contributed by atoms with Gasteiger partial charge in [-0.25, -0.2) is 4.79 Å². The highest BCUT2D eigenvalue weighted by atomic mass is 16.6. The number of carbonyl (C=O) groups is 2. The number of ether oxygens (including phenoxy) is 1. The van der Waals surface area contributed by atoms with E-state index >= 15 is 0 Å². The van der Waals surface area contributed by atoms with E-state index in [-0.39, 0.29) is 13.2 Å². The largest absolute Gasteiger partial charge is 0.481 e. The molecular formula is C15H19NO4. The predicted molar refractivity (Wildman–Crippen MR) is 73.2 cm³/mol. The van der Waals surface area contributed by atoms with E-state index in [1.807, 2.05) is 44.2 Å². The summed E-state index contributed by atoms with van der Waals surface area (Å²) in [5.74, 6) is -1.38. The SMILES string of the molecule is CC1(C)CC(C(=O)O)CN1C(=O)OCc1ccccc1. The quantitative estimate of drug-likeness (QED) is 0.921. The summed E-state index contributed by atoms with van der Waals surface area (Å²) in [7, 11) is 0. The van der Waals surface area contributed by atoms with Gasteiger partial charge in [0.2, 0.25) is 0 Å². The van der Waals surface area contributed by atoms with Crippen LogP contribution in [0.25, 0.3) is 0 Å². The zero-order valence-corrected chi connectivity index (χ0v) is 11.7. The lowest BCUT2D eigenvalue weighted by molar-refractivity contribution is -0.141. The van der Waals surface area contributed by atoms with Crippen LogP contribution in [-0.2, 0) is 16.1 Å². The third-order valence-electron chi connectivity index (χ3n) is 3.65. The molecule has 1 atom stereocenters. The molecule has 0 aromatic heterocycles. The third-order valence-corrected chi connectivity index (χ3v) is 3.65. The van der Waals surface area contributed by atoms with E-state index in [1.165, 1.54) is 4.90 Å². The van der Waals surface area contributed by atoms with Crippen molar-refractivity contribution in [3.8, 4) is 0 Å². The minimum atomic E-state index is -0.864. The number of likely N-dealkylation sites (tertiary alicyclic amines) is 1. The minimum Gasteiger partial charge on any atom is -0.481 e. The maximum atomic E-state index is 12.1. The van der Waals surface area contributed by atoms with Gasteiger partial charge in [0.25, 0.3) is 0 Å². The van der Waals surface area contributed by atoms with Gasteiger partial charge in [-0.1, -0.05) is 30.3 Å². The Morgan fingerprint density at radius 1 is 1.35 bits per heavy atom. The Kier molecular flexibility index (Phi) is 3.97. The first-order valence-corrected chi connectivity index (χ1v) is 6.61. The highest BCUT2D eigenvalue weighted by Crippen LogP contribution is 2.33. The average Bonchev–Trinajstić information content (AvgIpc) is 2.73. The lowest BCUT2D eigenvalue weighted by Gasteiger charge is -2.30. The summed E-state index contributed by atoms with van der Waals surface area (Å²) < 4.78 is 5.27. The lowest BCUT2D eigenvalue weighted by Crippen LogP contribution is -2.43. The van der Waals surface area contributed by atoms with Gasteiger partial charge in [-0.3, -0.25) is 4.79 Å². The van der Waals surface area contributed by atoms with Gasteiger partial charge >= 0.3 is 12.1 Å². The summed E-state index contributed by atoms with van der Waals surface area (Å²) in [5.41, 5.74) is 0.421. The van der Waals surface area contributed by atoms with Crippen LogP contribution in [0, 0.1) is 5.92 Å². The Morgan fingerprint density at radius 2 is 2.00 bits per heavy atom. The Bertz CT molecular complexity index is 498. The number of hydrogen-bond donors (Lipinski definition) is 1. The number of nitrogens with zero attached hydrogens (tertiary/aromatic N) is 1. The molecule has 1 amide bonds. The molecule has 0 aliphatic carbocycles. The molecule has 0 saturated carbocycles. The van der Waals surface area contributed by atoms with E-state index < -0.39 is 23.5 Å². The third kappa shape index (κ3) is 3.10. The van der Waals surface area contributed by atoms with Crippen LogP contribution >= 0.6 is 0 Å². The zero-order chi connectivity index (χ0) is 14.8. The van der Waals surface area contributed by atoms with Crippen molar-refractivity contribution in [2.24, 2.45) is 5.92 Å². The molecule has 5 nitrogen and oxygen atoms in total. The number of rotatable bonds is 3. The maximum absolute atomic E-state index is 12.1. The maximum Gasteiger partial charge on any atom is 0.410 e. The van der Waals surface area contributed by atoms with E-state index in [0.717, 1.165) is 5.56 Å². The van der Waals surface area contributed by atoms with E-state index in [9.17, 15) is 9.59 Å². The van der Waals surface area contributed by atoms with Crippen LogP contribution < -0.4 is 0 Å². The Labute approximate surface area is 118 Å². The summed E-state index contributed by atoms with van der Waals surface area (Å²) in [6.07, 6.45) is -0.00873. The Morgan fingerprint density at radius 3 is 2.55 bits per heavy atom. The molecule has 1 unspecified atom stereocenters. The predicted octanol–water partition coefficient (Wildman–Crippen LogP) is 2.51. The second kappa shape index (κ2) is 5.53. The number of benzene rings is 1. The number of amides is 1. The Hall–Kier alpha value is -2.04. The molecule has 20 heavy (non-hydrogen) atoms. The fourth-order valence-corrected chi connectivity index (χ4v) is 2.53. The molecular weight excluding hydrogens is 258 g/mol. The molecule has 1 fully saturated rings. The molecule has 1 aromatic carbocycles. The number of carboxylic acid groups (broad SMARTS) is 1. The van der Waals surface area contributed by atoms with Crippen LogP contribution in [-0.4, -0.2) is 34.2 Å². The van der Waals surface area contributed by atoms with Crippen LogP contribution in [0.15, 0.2) is 30.3 Å². The fourth-order valence-electron chi connectivity index (χ4n) is 2.53. The van der Waals surface area contributed by atoms with Gasteiger partial charge in [-0.05, 0) is 25.8 Å². The van der Waals surface area contributed by atoms with Gasteiger partial charge in [0.15, 0.2) is 0 Å². The molecule has 108 valence electrons. The topological polar surface area (TPSA) is 66.8 Å². The van der Waals surface area contributed by atoms with Crippen molar-refractivity contribution in [3.05, 3.63) is 35.9 Å². The molecule has 1 aliphatic heterocycles. The van der Waals surface area contributed by atoms with Crippen molar-refractivity contribution < 1.29 is 19.4 Å². The van der Waals surface area contributed by atoms with Gasteiger partial charge in [0, 0.05) is 12.1 Å². The molecule has 1 heterocycles. The molecule has 1 aliphatic rings. The number of aliphatic carboxylic acids is 1. The second-order valence-electron chi connectivity index (χ2n) is 5.70. The van der Waals surface area contributed by atoms with Crippen molar-refractivity contribution >= 4 is 12.1 Å². The van der Waals surface area contributed by atoms with Crippen LogP contribution in [0.5, 0.6) is 0 Å². The van der Waals surface area contributed by atoms with Crippen LogP contribution in [0.2, 0.25) is 0 Å². The van der Waals surface area contributed by atoms with Crippen molar-refractivity contribution in [2.45, 2.75) is 32.4 Å². The zero-order valence-electron chi connectivity index (χ0n) is 11.7. The summed E-state index contributed by atoms with van der Waals surface area (Å²) in [6.45, 7) is 4.12. The van der Waals surface area contributed by atoms with Crippen molar-refractivity contribution in [1.82, 2.24) is 4.90 Å². The fraction of sp³-hybridized carbons (Fsp3) is 0.467.